The van der Waals surface area contributed by atoms with Crippen molar-refractivity contribution in [2.75, 3.05) is 46.2 Å². The molecule has 2 aromatic carbocycles. The molecular formula is C37H55N5O5. The predicted octanol–water partition coefficient (Wildman–Crippen LogP) is 4.43. The number of fused-ring (bicyclic) bond motifs is 2. The zero-order chi connectivity index (χ0) is 34.0. The Morgan fingerprint density at radius 3 is 2.40 bits per heavy atom. The van der Waals surface area contributed by atoms with Gasteiger partial charge in [-0.25, -0.2) is 4.79 Å². The molecule has 0 aromatic heterocycles. The van der Waals surface area contributed by atoms with Crippen LogP contribution in [0.5, 0.6) is 0 Å². The van der Waals surface area contributed by atoms with Crippen LogP contribution in [0.1, 0.15) is 52.5 Å². The predicted molar refractivity (Wildman–Crippen MR) is 184 cm³/mol. The third-order valence-electron chi connectivity index (χ3n) is 11.2. The normalized spacial score (nSPS) is 28.9. The number of aliphatic hydroxyl groups is 2. The Morgan fingerprint density at radius 1 is 1.06 bits per heavy atom. The number of nitrogens with zero attached hydrogens (tertiary/aromatic N) is 3. The van der Waals surface area contributed by atoms with Crippen LogP contribution in [0.25, 0.3) is 11.1 Å². The van der Waals surface area contributed by atoms with Crippen LogP contribution in [0, 0.1) is 29.1 Å². The summed E-state index contributed by atoms with van der Waals surface area (Å²) in [7, 11) is 5.84. The fourth-order valence-electron chi connectivity index (χ4n) is 8.20. The molecule has 3 aliphatic carbocycles. The number of hydroxylamine groups is 2. The summed E-state index contributed by atoms with van der Waals surface area (Å²) in [6.45, 7) is 10.2. The summed E-state index contributed by atoms with van der Waals surface area (Å²) in [4.78, 5) is 36.6. The third kappa shape index (κ3) is 7.67. The van der Waals surface area contributed by atoms with E-state index in [0.717, 1.165) is 41.8 Å². The second-order valence-corrected chi connectivity index (χ2v) is 15.0. The monoisotopic (exact) mass is 649 g/mol. The van der Waals surface area contributed by atoms with E-state index in [1.165, 1.54) is 6.42 Å². The van der Waals surface area contributed by atoms with Crippen LogP contribution in [-0.4, -0.2) is 102 Å². The number of rotatable bonds is 12. The second kappa shape index (κ2) is 14.6. The van der Waals surface area contributed by atoms with Crippen molar-refractivity contribution in [3.05, 3.63) is 54.1 Å². The molecule has 3 amide bonds. The quantitative estimate of drug-likeness (QED) is 0.269. The molecule has 10 heteroatoms. The molecule has 4 aliphatic rings. The topological polar surface area (TPSA) is 118 Å². The van der Waals surface area contributed by atoms with Crippen LogP contribution < -0.4 is 10.6 Å². The van der Waals surface area contributed by atoms with Gasteiger partial charge in [0.05, 0.1) is 19.3 Å². The zero-order valence-electron chi connectivity index (χ0n) is 29.1. The number of benzene rings is 2. The number of hydrogen-bond acceptors (Lipinski definition) is 7. The Labute approximate surface area is 280 Å². The molecule has 1 heterocycles. The highest BCUT2D eigenvalue weighted by atomic mass is 16.7. The molecule has 4 N–H and O–H groups in total. The fourth-order valence-corrected chi connectivity index (χ4v) is 8.20. The molecule has 1 aliphatic heterocycles. The molecule has 6 rings (SSSR count). The van der Waals surface area contributed by atoms with Crippen molar-refractivity contribution >= 4 is 17.6 Å². The molecule has 10 nitrogen and oxygen atoms in total. The lowest BCUT2D eigenvalue weighted by molar-refractivity contribution is -0.183. The van der Waals surface area contributed by atoms with E-state index in [0.29, 0.717) is 36.3 Å². The molecule has 258 valence electrons. The highest BCUT2D eigenvalue weighted by Gasteiger charge is 2.57. The van der Waals surface area contributed by atoms with Gasteiger partial charge in [-0.05, 0) is 105 Å². The van der Waals surface area contributed by atoms with Gasteiger partial charge in [-0.3, -0.25) is 9.63 Å². The summed E-state index contributed by atoms with van der Waals surface area (Å²) in [5, 5.41) is 28.9. The Kier molecular flexibility index (Phi) is 11.0. The summed E-state index contributed by atoms with van der Waals surface area (Å²) in [5.74, 6) is 0.851. The molecule has 1 unspecified atom stereocenters. The maximum Gasteiger partial charge on any atom is 0.321 e. The summed E-state index contributed by atoms with van der Waals surface area (Å²) in [5.41, 5.74) is 3.96. The van der Waals surface area contributed by atoms with Crippen molar-refractivity contribution in [3.63, 3.8) is 0 Å². The first kappa shape index (κ1) is 35.3. The highest BCUT2D eigenvalue weighted by Crippen LogP contribution is 2.61. The van der Waals surface area contributed by atoms with E-state index in [4.69, 9.17) is 4.84 Å². The minimum Gasteiger partial charge on any atom is -0.394 e. The fraction of sp³-hybridized carbons (Fsp3) is 0.622. The van der Waals surface area contributed by atoms with Crippen LogP contribution in [0.2, 0.25) is 0 Å². The molecule has 4 fully saturated rings. The molecule has 2 aromatic rings. The van der Waals surface area contributed by atoms with E-state index >= 15 is 0 Å². The van der Waals surface area contributed by atoms with Gasteiger partial charge in [-0.15, -0.1) is 0 Å². The van der Waals surface area contributed by atoms with Crippen molar-refractivity contribution in [1.29, 1.82) is 0 Å². The van der Waals surface area contributed by atoms with Gasteiger partial charge < -0.3 is 30.6 Å². The summed E-state index contributed by atoms with van der Waals surface area (Å²) >= 11 is 0. The third-order valence-corrected chi connectivity index (χ3v) is 11.2. The second-order valence-electron chi connectivity index (χ2n) is 15.0. The number of anilines is 1. The molecular weight excluding hydrogens is 594 g/mol. The Balaban J connectivity index is 1.26. The number of nitrogens with one attached hydrogen (secondary N) is 2. The molecule has 8 atom stereocenters. The maximum absolute atomic E-state index is 14.0. The smallest absolute Gasteiger partial charge is 0.321 e. The first-order valence-electron chi connectivity index (χ1n) is 17.2. The van der Waals surface area contributed by atoms with E-state index < -0.39 is 24.2 Å². The van der Waals surface area contributed by atoms with Crippen molar-refractivity contribution < 1.29 is 24.6 Å². The minimum absolute atomic E-state index is 0.0866. The van der Waals surface area contributed by atoms with E-state index in [-0.39, 0.29) is 24.6 Å². The van der Waals surface area contributed by atoms with Gasteiger partial charge >= 0.3 is 6.03 Å². The van der Waals surface area contributed by atoms with E-state index in [9.17, 15) is 19.8 Å². The van der Waals surface area contributed by atoms with E-state index in [1.54, 1.807) is 23.9 Å². The number of urea groups is 1. The van der Waals surface area contributed by atoms with Crippen LogP contribution >= 0.6 is 0 Å². The lowest BCUT2D eigenvalue weighted by Gasteiger charge is -2.62. The Hall–Kier alpha value is -3.02. The van der Waals surface area contributed by atoms with Crippen LogP contribution in [0.15, 0.2) is 48.5 Å². The lowest BCUT2D eigenvalue weighted by atomic mass is 9.45. The van der Waals surface area contributed by atoms with Crippen LogP contribution in [-0.2, 0) is 16.2 Å². The maximum atomic E-state index is 14.0. The first-order chi connectivity index (χ1) is 22.3. The number of hydrogen-bond donors (Lipinski definition) is 4. The van der Waals surface area contributed by atoms with Gasteiger partial charge in [0.2, 0.25) is 5.91 Å². The minimum atomic E-state index is -0.841. The highest BCUT2D eigenvalue weighted by molar-refractivity contribution is 5.89. The largest absolute Gasteiger partial charge is 0.394 e. The Bertz CT molecular complexity index is 1380. The number of amides is 3. The molecule has 3 saturated carbocycles. The summed E-state index contributed by atoms with van der Waals surface area (Å²) < 4.78 is 0. The van der Waals surface area contributed by atoms with Gasteiger partial charge in [0.25, 0.3) is 0 Å². The van der Waals surface area contributed by atoms with E-state index in [1.807, 2.05) is 56.6 Å². The van der Waals surface area contributed by atoms with E-state index in [2.05, 4.69) is 42.4 Å². The summed E-state index contributed by atoms with van der Waals surface area (Å²) in [6.07, 6.45) is 1.57. The van der Waals surface area contributed by atoms with Crippen molar-refractivity contribution in [2.45, 2.75) is 77.8 Å². The molecule has 0 radical (unpaired) electrons. The van der Waals surface area contributed by atoms with Crippen LogP contribution in [0.3, 0.4) is 0 Å². The van der Waals surface area contributed by atoms with Gasteiger partial charge in [0, 0.05) is 31.2 Å². The average Bonchev–Trinajstić information content (AvgIpc) is 3.40. The van der Waals surface area contributed by atoms with Gasteiger partial charge in [-0.1, -0.05) is 51.1 Å². The number of carbonyl (C=O) groups excluding carboxylic acids is 2. The Morgan fingerprint density at radius 2 is 1.79 bits per heavy atom. The molecule has 0 spiro atoms. The van der Waals surface area contributed by atoms with Crippen molar-refractivity contribution in [3.8, 4) is 11.1 Å². The van der Waals surface area contributed by atoms with Gasteiger partial charge in [0.15, 0.2) is 0 Å². The molecule has 2 bridgehead atoms. The van der Waals surface area contributed by atoms with Gasteiger partial charge in [0.1, 0.15) is 12.1 Å². The standard InChI is InChI=1S/C37H55N5O5/c1-23-30-19-28(37(30,3)4)20-31(23)39-35(45)34-33(24(2)44)32(22-43)47-42(34)21-25-10-8-11-27(18-25)26-12-14-29(15-13-26)38-36(46)41(7)17-9-16-40(5)6/h8,10-15,18,23-24,28,30-34,43-44H,9,16-17,19-22H2,1-7H3,(H,38,46)(H,39,45)/t23-,24-,28-,30+,31?,32-,33+,34-/m0/s1. The summed E-state index contributed by atoms with van der Waals surface area (Å²) in [6, 6.07) is 15.0. The number of carbonyl (C=O) groups is 2. The van der Waals surface area contributed by atoms with Crippen LogP contribution in [0.4, 0.5) is 10.5 Å². The number of aliphatic hydroxyl groups excluding tert-OH is 2. The SMILES string of the molecule is C[C@H](O)[C@@H]1[C@H](CO)ON(Cc2cccc(-c3ccc(NC(=O)N(C)CCCN(C)C)cc3)c2)[C@@H]1C(=O)NC1C[C@@H]2C[C@H]([C@@H]1C)C2(C)C. The zero-order valence-corrected chi connectivity index (χ0v) is 29.1. The average molecular weight is 650 g/mol. The first-order valence-corrected chi connectivity index (χ1v) is 17.2. The van der Waals surface area contributed by atoms with Crippen molar-refractivity contribution in [1.82, 2.24) is 20.2 Å². The van der Waals surface area contributed by atoms with Gasteiger partial charge in [-0.2, -0.15) is 5.06 Å². The molecule has 47 heavy (non-hydrogen) atoms. The lowest BCUT2D eigenvalue weighted by Crippen LogP contribution is -2.62. The molecule has 1 saturated heterocycles. The van der Waals surface area contributed by atoms with Crippen molar-refractivity contribution in [2.24, 2.45) is 29.1 Å².